The summed E-state index contributed by atoms with van der Waals surface area (Å²) in [5.74, 6) is 0. The highest BCUT2D eigenvalue weighted by Crippen LogP contribution is 2.27. The van der Waals surface area contributed by atoms with Crippen molar-refractivity contribution < 1.29 is 0 Å². The van der Waals surface area contributed by atoms with Gasteiger partial charge in [0.05, 0.1) is 5.52 Å². The number of rotatable bonds is 0. The van der Waals surface area contributed by atoms with Crippen molar-refractivity contribution in [1.29, 1.82) is 0 Å². The molecule has 3 heteroatoms. The Kier molecular flexibility index (Phi) is 2.55. The van der Waals surface area contributed by atoms with Gasteiger partial charge in [-0.15, -0.1) is 0 Å². The van der Waals surface area contributed by atoms with Crippen LogP contribution in [0.3, 0.4) is 0 Å². The largest absolute Gasteiger partial charge is 0.359 e. The van der Waals surface area contributed by atoms with Crippen LogP contribution in [0.4, 0.5) is 0 Å². The van der Waals surface area contributed by atoms with E-state index < -0.39 is 0 Å². The van der Waals surface area contributed by atoms with Crippen LogP contribution in [-0.4, -0.2) is 4.98 Å². The molecule has 0 aliphatic carbocycles. The second-order valence-electron chi connectivity index (χ2n) is 4.94. The Morgan fingerprint density at radius 1 is 1.25 bits per heavy atom. The van der Waals surface area contributed by atoms with Crippen LogP contribution in [0.5, 0.6) is 0 Å². The molecular weight excluding hydrogens is 222 g/mol. The summed E-state index contributed by atoms with van der Waals surface area (Å²) in [6, 6.07) is 5.73. The van der Waals surface area contributed by atoms with Crippen LogP contribution >= 0.6 is 11.6 Å². The summed E-state index contributed by atoms with van der Waals surface area (Å²) < 4.78 is 0. The fourth-order valence-corrected chi connectivity index (χ4v) is 2.01. The zero-order valence-electron chi connectivity index (χ0n) is 9.60. The molecule has 1 aromatic heterocycles. The van der Waals surface area contributed by atoms with Gasteiger partial charge in [-0.1, -0.05) is 44.5 Å². The van der Waals surface area contributed by atoms with Gasteiger partial charge >= 0.3 is 0 Å². The third-order valence-electron chi connectivity index (χ3n) is 2.68. The monoisotopic (exact) mass is 235 g/mol. The fraction of sp³-hybridized carbons (Fsp3) is 0.308. The highest BCUT2D eigenvalue weighted by Gasteiger charge is 2.18. The van der Waals surface area contributed by atoms with Gasteiger partial charge in [0, 0.05) is 11.6 Å². The van der Waals surface area contributed by atoms with E-state index in [4.69, 9.17) is 11.6 Å². The quantitative estimate of drug-likeness (QED) is 0.745. The number of benzene rings is 1. The summed E-state index contributed by atoms with van der Waals surface area (Å²) in [6.07, 6.45) is 1.56. The second kappa shape index (κ2) is 3.63. The number of pyridine rings is 1. The van der Waals surface area contributed by atoms with Gasteiger partial charge in [-0.25, -0.2) is 0 Å². The van der Waals surface area contributed by atoms with E-state index in [9.17, 15) is 4.79 Å². The molecule has 0 fully saturated rings. The van der Waals surface area contributed by atoms with E-state index in [1.165, 1.54) is 0 Å². The van der Waals surface area contributed by atoms with Crippen molar-refractivity contribution in [2.24, 2.45) is 0 Å². The number of para-hydroxylation sites is 1. The van der Waals surface area contributed by atoms with Crippen LogP contribution in [0.2, 0.25) is 5.02 Å². The molecule has 2 nitrogen and oxygen atoms in total. The average Bonchev–Trinajstić information content (AvgIpc) is 2.21. The van der Waals surface area contributed by atoms with Crippen LogP contribution in [0.15, 0.2) is 29.2 Å². The minimum absolute atomic E-state index is 0.00369. The number of hydrogen-bond donors (Lipinski definition) is 1. The molecule has 0 saturated carbocycles. The number of fused-ring (bicyclic) bond motifs is 1. The average molecular weight is 236 g/mol. The van der Waals surface area contributed by atoms with Crippen LogP contribution in [0.1, 0.15) is 26.3 Å². The van der Waals surface area contributed by atoms with E-state index in [-0.39, 0.29) is 15.9 Å². The highest BCUT2D eigenvalue weighted by atomic mass is 35.5. The Morgan fingerprint density at radius 3 is 2.56 bits per heavy atom. The maximum absolute atomic E-state index is 11.9. The Hall–Kier alpha value is -1.28. The molecule has 0 bridgehead atoms. The fourth-order valence-electron chi connectivity index (χ4n) is 1.85. The van der Waals surface area contributed by atoms with Crippen molar-refractivity contribution in [1.82, 2.24) is 4.98 Å². The van der Waals surface area contributed by atoms with Gasteiger partial charge in [-0.2, -0.15) is 0 Å². The molecule has 0 unspecified atom stereocenters. The third-order valence-corrected chi connectivity index (χ3v) is 2.96. The normalized spacial score (nSPS) is 12.0. The van der Waals surface area contributed by atoms with Crippen molar-refractivity contribution in [3.8, 4) is 0 Å². The molecule has 16 heavy (non-hydrogen) atoms. The molecule has 0 aliphatic heterocycles. The number of halogens is 1. The molecule has 2 aromatic rings. The Labute approximate surface area is 99.3 Å². The van der Waals surface area contributed by atoms with Crippen LogP contribution < -0.4 is 5.43 Å². The van der Waals surface area contributed by atoms with Gasteiger partial charge in [-0.05, 0) is 17.0 Å². The molecule has 1 N–H and O–H groups in total. The molecule has 84 valence electrons. The summed E-state index contributed by atoms with van der Waals surface area (Å²) in [5.41, 5.74) is 1.89. The van der Waals surface area contributed by atoms with Crippen LogP contribution in [-0.2, 0) is 5.41 Å². The Balaban J connectivity index is 2.91. The number of aromatic nitrogens is 1. The van der Waals surface area contributed by atoms with Gasteiger partial charge in [0.15, 0.2) is 0 Å². The lowest BCUT2D eigenvalue weighted by Crippen LogP contribution is -2.14. The van der Waals surface area contributed by atoms with Gasteiger partial charge < -0.3 is 4.98 Å². The van der Waals surface area contributed by atoms with Crippen molar-refractivity contribution in [3.05, 3.63) is 45.2 Å². The second-order valence-corrected chi connectivity index (χ2v) is 5.35. The SMILES string of the molecule is CC(C)(C)c1cccc2c(=O)c(Cl)c[nH]c12. The van der Waals surface area contributed by atoms with E-state index in [1.54, 1.807) is 12.3 Å². The van der Waals surface area contributed by atoms with E-state index in [2.05, 4.69) is 25.8 Å². The van der Waals surface area contributed by atoms with Crippen molar-refractivity contribution in [2.75, 3.05) is 0 Å². The molecule has 0 radical (unpaired) electrons. The van der Waals surface area contributed by atoms with Gasteiger partial charge in [0.2, 0.25) is 5.43 Å². The van der Waals surface area contributed by atoms with Crippen LogP contribution in [0, 0.1) is 0 Å². The van der Waals surface area contributed by atoms with Gasteiger partial charge in [-0.3, -0.25) is 4.79 Å². The smallest absolute Gasteiger partial charge is 0.207 e. The minimum atomic E-state index is -0.110. The first kappa shape index (κ1) is 11.2. The number of nitrogens with one attached hydrogen (secondary N) is 1. The predicted molar refractivity (Wildman–Crippen MR) is 68.3 cm³/mol. The first-order valence-electron chi connectivity index (χ1n) is 5.21. The van der Waals surface area contributed by atoms with Crippen molar-refractivity contribution in [2.45, 2.75) is 26.2 Å². The van der Waals surface area contributed by atoms with Crippen molar-refractivity contribution in [3.63, 3.8) is 0 Å². The van der Waals surface area contributed by atoms with E-state index in [0.29, 0.717) is 5.39 Å². The molecule has 2 rings (SSSR count). The molecular formula is C13H14ClNO. The maximum atomic E-state index is 11.9. The lowest BCUT2D eigenvalue weighted by atomic mass is 9.85. The summed E-state index contributed by atoms with van der Waals surface area (Å²) in [7, 11) is 0. The minimum Gasteiger partial charge on any atom is -0.359 e. The third kappa shape index (κ3) is 1.74. The summed E-state index contributed by atoms with van der Waals surface area (Å²) >= 11 is 5.81. The molecule has 1 aromatic carbocycles. The molecule has 0 aliphatic rings. The highest BCUT2D eigenvalue weighted by molar-refractivity contribution is 6.31. The lowest BCUT2D eigenvalue weighted by molar-refractivity contribution is 0.594. The van der Waals surface area contributed by atoms with Gasteiger partial charge in [0.1, 0.15) is 5.02 Å². The predicted octanol–water partition coefficient (Wildman–Crippen LogP) is 3.48. The molecule has 0 amide bonds. The molecule has 1 heterocycles. The zero-order valence-corrected chi connectivity index (χ0v) is 10.4. The standard InChI is InChI=1S/C13H14ClNO/c1-13(2,3)9-6-4-5-8-11(9)15-7-10(14)12(8)16/h4-7H,1-3H3,(H,15,16). The van der Waals surface area contributed by atoms with E-state index in [0.717, 1.165) is 11.1 Å². The Morgan fingerprint density at radius 2 is 1.94 bits per heavy atom. The van der Waals surface area contributed by atoms with E-state index >= 15 is 0 Å². The topological polar surface area (TPSA) is 32.9 Å². The first-order chi connectivity index (χ1) is 7.41. The maximum Gasteiger partial charge on any atom is 0.207 e. The van der Waals surface area contributed by atoms with E-state index in [1.807, 2.05) is 12.1 Å². The number of aromatic amines is 1. The zero-order chi connectivity index (χ0) is 11.9. The first-order valence-corrected chi connectivity index (χ1v) is 5.59. The lowest BCUT2D eigenvalue weighted by Gasteiger charge is -2.20. The van der Waals surface area contributed by atoms with Crippen molar-refractivity contribution >= 4 is 22.5 Å². The number of hydrogen-bond acceptors (Lipinski definition) is 1. The molecule has 0 spiro atoms. The molecule has 0 atom stereocenters. The summed E-state index contributed by atoms with van der Waals surface area (Å²) in [5, 5.41) is 0.887. The summed E-state index contributed by atoms with van der Waals surface area (Å²) in [6.45, 7) is 6.36. The summed E-state index contributed by atoms with van der Waals surface area (Å²) in [4.78, 5) is 15.0. The van der Waals surface area contributed by atoms with Crippen LogP contribution in [0.25, 0.3) is 10.9 Å². The Bertz CT molecular complexity index is 593. The van der Waals surface area contributed by atoms with Gasteiger partial charge in [0.25, 0.3) is 0 Å². The number of H-pyrrole nitrogens is 1. The molecule has 0 saturated heterocycles.